The fourth-order valence-electron chi connectivity index (χ4n) is 1.74. The summed E-state index contributed by atoms with van der Waals surface area (Å²) >= 11 is 1.64. The van der Waals surface area contributed by atoms with Gasteiger partial charge in [0.1, 0.15) is 11.6 Å². The second-order valence-corrected chi connectivity index (χ2v) is 5.71. The van der Waals surface area contributed by atoms with E-state index in [0.717, 1.165) is 22.0 Å². The summed E-state index contributed by atoms with van der Waals surface area (Å²) in [5.41, 5.74) is 1.08. The van der Waals surface area contributed by atoms with Crippen molar-refractivity contribution < 1.29 is 9.53 Å². The van der Waals surface area contributed by atoms with Crippen molar-refractivity contribution in [3.63, 3.8) is 0 Å². The van der Waals surface area contributed by atoms with Gasteiger partial charge in [-0.1, -0.05) is 0 Å². The van der Waals surface area contributed by atoms with E-state index in [1.165, 1.54) is 0 Å². The molecule has 0 bridgehead atoms. The zero-order chi connectivity index (χ0) is 15.1. The number of carbonyl (C=O) groups is 1. The van der Waals surface area contributed by atoms with Gasteiger partial charge in [0.25, 0.3) is 0 Å². The highest BCUT2D eigenvalue weighted by Crippen LogP contribution is 2.21. The van der Waals surface area contributed by atoms with E-state index in [2.05, 4.69) is 10.3 Å². The monoisotopic (exact) mass is 302 g/mol. The van der Waals surface area contributed by atoms with Crippen molar-refractivity contribution in [1.29, 1.82) is 0 Å². The van der Waals surface area contributed by atoms with E-state index in [-0.39, 0.29) is 5.91 Å². The molecule has 0 saturated heterocycles. The molecule has 0 saturated carbocycles. The number of aromatic nitrogens is 1. The molecule has 5 heteroatoms. The SMILES string of the molecule is COc1ccc(SCCC(=O)Nc2cc(C)ccn2)cc1. The van der Waals surface area contributed by atoms with E-state index in [4.69, 9.17) is 4.74 Å². The Hall–Kier alpha value is -2.01. The zero-order valence-electron chi connectivity index (χ0n) is 12.1. The lowest BCUT2D eigenvalue weighted by atomic mass is 10.3. The van der Waals surface area contributed by atoms with Gasteiger partial charge in [-0.2, -0.15) is 0 Å². The van der Waals surface area contributed by atoms with Crippen molar-refractivity contribution >= 4 is 23.5 Å². The summed E-state index contributed by atoms with van der Waals surface area (Å²) in [5, 5.41) is 2.80. The van der Waals surface area contributed by atoms with Crippen LogP contribution in [0, 0.1) is 6.92 Å². The van der Waals surface area contributed by atoms with Crippen LogP contribution >= 0.6 is 11.8 Å². The molecule has 0 fully saturated rings. The summed E-state index contributed by atoms with van der Waals surface area (Å²) in [6, 6.07) is 11.6. The van der Waals surface area contributed by atoms with E-state index < -0.39 is 0 Å². The fraction of sp³-hybridized carbons (Fsp3) is 0.250. The molecule has 1 aromatic carbocycles. The summed E-state index contributed by atoms with van der Waals surface area (Å²) in [6.45, 7) is 1.97. The van der Waals surface area contributed by atoms with Crippen LogP contribution in [0.25, 0.3) is 0 Å². The van der Waals surface area contributed by atoms with Crippen LogP contribution in [-0.2, 0) is 4.79 Å². The first-order valence-electron chi connectivity index (χ1n) is 6.67. The molecular weight excluding hydrogens is 284 g/mol. The van der Waals surface area contributed by atoms with Gasteiger partial charge in [-0.05, 0) is 48.9 Å². The van der Waals surface area contributed by atoms with Crippen molar-refractivity contribution in [1.82, 2.24) is 4.98 Å². The van der Waals surface area contributed by atoms with Crippen molar-refractivity contribution in [3.8, 4) is 5.75 Å². The van der Waals surface area contributed by atoms with Gasteiger partial charge in [-0.25, -0.2) is 4.98 Å². The molecule has 2 aromatic rings. The number of carbonyl (C=O) groups excluding carboxylic acids is 1. The zero-order valence-corrected chi connectivity index (χ0v) is 12.9. The third-order valence-corrected chi connectivity index (χ3v) is 3.85. The Bertz CT molecular complexity index is 599. The molecule has 4 nitrogen and oxygen atoms in total. The van der Waals surface area contributed by atoms with Crippen LogP contribution in [0.4, 0.5) is 5.82 Å². The Labute approximate surface area is 128 Å². The first-order chi connectivity index (χ1) is 10.2. The molecule has 0 aliphatic heterocycles. The average Bonchev–Trinajstić information content (AvgIpc) is 2.48. The van der Waals surface area contributed by atoms with Crippen LogP contribution in [0.15, 0.2) is 47.5 Å². The number of benzene rings is 1. The van der Waals surface area contributed by atoms with Crippen molar-refractivity contribution in [2.24, 2.45) is 0 Å². The van der Waals surface area contributed by atoms with Gasteiger partial charge in [-0.3, -0.25) is 4.79 Å². The highest BCUT2D eigenvalue weighted by atomic mass is 32.2. The summed E-state index contributed by atoms with van der Waals surface area (Å²) in [7, 11) is 1.64. The molecule has 0 spiro atoms. The normalized spacial score (nSPS) is 10.2. The summed E-state index contributed by atoms with van der Waals surface area (Å²) in [5.74, 6) is 2.15. The molecular formula is C16H18N2O2S. The quantitative estimate of drug-likeness (QED) is 0.830. The third-order valence-electron chi connectivity index (χ3n) is 2.84. The Morgan fingerprint density at radius 1 is 1.29 bits per heavy atom. The number of pyridine rings is 1. The standard InChI is InChI=1S/C16H18N2O2S/c1-12-7-9-17-15(11-12)18-16(19)8-10-21-14-5-3-13(20-2)4-6-14/h3-7,9,11H,8,10H2,1-2H3,(H,17,18,19). The Kier molecular flexibility index (Phi) is 5.63. The lowest BCUT2D eigenvalue weighted by Gasteiger charge is -2.05. The second kappa shape index (κ2) is 7.69. The predicted octanol–water partition coefficient (Wildman–Crippen LogP) is 3.52. The molecule has 21 heavy (non-hydrogen) atoms. The molecule has 1 aromatic heterocycles. The second-order valence-electron chi connectivity index (χ2n) is 4.54. The van der Waals surface area contributed by atoms with Gasteiger partial charge in [0.2, 0.25) is 5.91 Å². The topological polar surface area (TPSA) is 51.2 Å². The maximum absolute atomic E-state index is 11.8. The predicted molar refractivity (Wildman–Crippen MR) is 85.9 cm³/mol. The van der Waals surface area contributed by atoms with E-state index in [9.17, 15) is 4.79 Å². The molecule has 110 valence electrons. The third kappa shape index (κ3) is 5.11. The Balaban J connectivity index is 1.76. The molecule has 1 heterocycles. The number of nitrogens with one attached hydrogen (secondary N) is 1. The summed E-state index contributed by atoms with van der Waals surface area (Å²) < 4.78 is 5.11. The van der Waals surface area contributed by atoms with E-state index >= 15 is 0 Å². The minimum absolute atomic E-state index is 0.0193. The number of amides is 1. The molecule has 0 atom stereocenters. The molecule has 0 aliphatic rings. The Morgan fingerprint density at radius 3 is 2.71 bits per heavy atom. The molecule has 1 amide bonds. The molecule has 0 unspecified atom stereocenters. The number of nitrogens with zero attached hydrogens (tertiary/aromatic N) is 1. The van der Waals surface area contributed by atoms with Crippen LogP contribution in [0.5, 0.6) is 5.75 Å². The number of thioether (sulfide) groups is 1. The average molecular weight is 302 g/mol. The number of hydrogen-bond acceptors (Lipinski definition) is 4. The van der Waals surface area contributed by atoms with Crippen molar-refractivity contribution in [3.05, 3.63) is 48.2 Å². The number of ether oxygens (including phenoxy) is 1. The highest BCUT2D eigenvalue weighted by Gasteiger charge is 2.04. The van der Waals surface area contributed by atoms with Crippen LogP contribution in [0.3, 0.4) is 0 Å². The smallest absolute Gasteiger partial charge is 0.226 e. The number of anilines is 1. The van der Waals surface area contributed by atoms with Gasteiger partial charge >= 0.3 is 0 Å². The van der Waals surface area contributed by atoms with Crippen LogP contribution in [-0.4, -0.2) is 23.8 Å². The Morgan fingerprint density at radius 2 is 2.05 bits per heavy atom. The van der Waals surface area contributed by atoms with Gasteiger partial charge < -0.3 is 10.1 Å². The molecule has 2 rings (SSSR count). The van der Waals surface area contributed by atoms with Gasteiger partial charge in [0, 0.05) is 23.3 Å². The van der Waals surface area contributed by atoms with E-state index in [0.29, 0.717) is 12.2 Å². The lowest BCUT2D eigenvalue weighted by molar-refractivity contribution is -0.115. The first-order valence-corrected chi connectivity index (χ1v) is 7.65. The van der Waals surface area contributed by atoms with Gasteiger partial charge in [-0.15, -0.1) is 11.8 Å². The highest BCUT2D eigenvalue weighted by molar-refractivity contribution is 7.99. The van der Waals surface area contributed by atoms with Gasteiger partial charge in [0.15, 0.2) is 0 Å². The fourth-order valence-corrected chi connectivity index (χ4v) is 2.60. The number of methoxy groups -OCH3 is 1. The largest absolute Gasteiger partial charge is 0.497 e. The van der Waals surface area contributed by atoms with Crippen LogP contribution < -0.4 is 10.1 Å². The summed E-state index contributed by atoms with van der Waals surface area (Å²) in [4.78, 5) is 17.1. The van der Waals surface area contributed by atoms with Crippen LogP contribution in [0.2, 0.25) is 0 Å². The lowest BCUT2D eigenvalue weighted by Crippen LogP contribution is -2.13. The number of aryl methyl sites for hydroxylation is 1. The van der Waals surface area contributed by atoms with E-state index in [1.54, 1.807) is 25.1 Å². The minimum Gasteiger partial charge on any atom is -0.497 e. The maximum atomic E-state index is 11.8. The maximum Gasteiger partial charge on any atom is 0.226 e. The first kappa shape index (κ1) is 15.4. The molecule has 0 aliphatic carbocycles. The molecule has 1 N–H and O–H groups in total. The van der Waals surface area contributed by atoms with E-state index in [1.807, 2.05) is 43.3 Å². The summed E-state index contributed by atoms with van der Waals surface area (Å²) in [6.07, 6.45) is 2.14. The van der Waals surface area contributed by atoms with Crippen LogP contribution in [0.1, 0.15) is 12.0 Å². The number of rotatable bonds is 6. The molecule has 0 radical (unpaired) electrons. The van der Waals surface area contributed by atoms with Crippen molar-refractivity contribution in [2.75, 3.05) is 18.2 Å². The van der Waals surface area contributed by atoms with Crippen molar-refractivity contribution in [2.45, 2.75) is 18.2 Å². The minimum atomic E-state index is -0.0193. The number of hydrogen-bond donors (Lipinski definition) is 1. The van der Waals surface area contributed by atoms with Gasteiger partial charge in [0.05, 0.1) is 7.11 Å².